The maximum Gasteiger partial charge on any atom is 0.288 e. The number of fused-ring (bicyclic) bond motifs is 1. The maximum atomic E-state index is 12.6. The van der Waals surface area contributed by atoms with Crippen LogP contribution in [0.3, 0.4) is 0 Å². The molecule has 1 amide bonds. The van der Waals surface area contributed by atoms with Crippen LogP contribution in [0.25, 0.3) is 10.8 Å². The number of para-hydroxylation sites is 1. The van der Waals surface area contributed by atoms with Gasteiger partial charge in [-0.1, -0.05) is 60.3 Å². The van der Waals surface area contributed by atoms with Crippen LogP contribution in [0, 0.1) is 0 Å². The first-order chi connectivity index (χ1) is 12.1. The van der Waals surface area contributed by atoms with Gasteiger partial charge in [-0.25, -0.2) is 0 Å². The third-order valence-electron chi connectivity index (χ3n) is 3.49. The number of hydrogen-bond acceptors (Lipinski definition) is 3. The van der Waals surface area contributed by atoms with Crippen molar-refractivity contribution >= 4 is 34.1 Å². The molecule has 0 aliphatic carbocycles. The minimum Gasteiger partial charge on any atom is -0.483 e. The highest BCUT2D eigenvalue weighted by atomic mass is 32.2. The number of amides is 1. The number of benzene rings is 3. The number of carbonyl (C=O) groups is 1. The first kappa shape index (κ1) is 17.2. The summed E-state index contributed by atoms with van der Waals surface area (Å²) in [5, 5.41) is 4.54. The number of carbonyl (C=O) groups excluding carboxylic acids is 1. The average molecular weight is 359 g/mol. The SMILES string of the molecule is O=C(COc1cccc2ccccc12)Nc1ccccc1SC(F)F. The summed E-state index contributed by atoms with van der Waals surface area (Å²) in [6.45, 7) is -0.207. The second-order valence-corrected chi connectivity index (χ2v) is 6.22. The number of thioether (sulfide) groups is 1. The molecule has 3 nitrogen and oxygen atoms in total. The quantitative estimate of drug-likeness (QED) is 0.617. The third-order valence-corrected chi connectivity index (χ3v) is 4.27. The smallest absolute Gasteiger partial charge is 0.288 e. The molecular formula is C19H15F2NO2S. The first-order valence-corrected chi connectivity index (χ1v) is 8.46. The van der Waals surface area contributed by atoms with Gasteiger partial charge >= 0.3 is 0 Å². The van der Waals surface area contributed by atoms with E-state index >= 15 is 0 Å². The predicted molar refractivity (Wildman–Crippen MR) is 96.4 cm³/mol. The van der Waals surface area contributed by atoms with Gasteiger partial charge in [0.15, 0.2) is 6.61 Å². The van der Waals surface area contributed by atoms with Crippen LogP contribution in [0.2, 0.25) is 0 Å². The van der Waals surface area contributed by atoms with E-state index < -0.39 is 11.7 Å². The van der Waals surface area contributed by atoms with Gasteiger partial charge in [-0.3, -0.25) is 4.79 Å². The summed E-state index contributed by atoms with van der Waals surface area (Å²) in [6.07, 6.45) is 0. The Morgan fingerprint density at radius 2 is 1.72 bits per heavy atom. The van der Waals surface area contributed by atoms with Crippen molar-refractivity contribution in [2.45, 2.75) is 10.7 Å². The molecule has 0 saturated carbocycles. The second kappa shape index (κ2) is 7.98. The summed E-state index contributed by atoms with van der Waals surface area (Å²) in [5.41, 5.74) is 0.347. The van der Waals surface area contributed by atoms with Crippen LogP contribution in [-0.4, -0.2) is 18.3 Å². The molecule has 6 heteroatoms. The van der Waals surface area contributed by atoms with Crippen molar-refractivity contribution in [1.82, 2.24) is 0 Å². The molecule has 0 fully saturated rings. The first-order valence-electron chi connectivity index (χ1n) is 7.58. The van der Waals surface area contributed by atoms with Gasteiger partial charge in [-0.05, 0) is 23.6 Å². The summed E-state index contributed by atoms with van der Waals surface area (Å²) >= 11 is 0.395. The van der Waals surface area contributed by atoms with Crippen LogP contribution in [0.15, 0.2) is 71.6 Å². The van der Waals surface area contributed by atoms with Gasteiger partial charge < -0.3 is 10.1 Å². The molecule has 0 spiro atoms. The lowest BCUT2D eigenvalue weighted by Crippen LogP contribution is -2.20. The normalized spacial score (nSPS) is 10.8. The Hall–Kier alpha value is -2.60. The molecule has 3 aromatic rings. The molecule has 0 unspecified atom stereocenters. The number of anilines is 1. The van der Waals surface area contributed by atoms with E-state index in [-0.39, 0.29) is 6.61 Å². The molecule has 25 heavy (non-hydrogen) atoms. The van der Waals surface area contributed by atoms with E-state index in [9.17, 15) is 13.6 Å². The number of hydrogen-bond donors (Lipinski definition) is 1. The minimum atomic E-state index is -2.55. The van der Waals surface area contributed by atoms with Crippen molar-refractivity contribution in [3.05, 3.63) is 66.7 Å². The third kappa shape index (κ3) is 4.48. The van der Waals surface area contributed by atoms with E-state index in [1.807, 2.05) is 36.4 Å². The summed E-state index contributed by atoms with van der Waals surface area (Å²) < 4.78 is 30.8. The highest BCUT2D eigenvalue weighted by Gasteiger charge is 2.12. The molecule has 3 rings (SSSR count). The van der Waals surface area contributed by atoms with E-state index in [4.69, 9.17) is 4.74 Å². The average Bonchev–Trinajstić information content (AvgIpc) is 2.61. The number of ether oxygens (including phenoxy) is 1. The molecule has 0 bridgehead atoms. The maximum absolute atomic E-state index is 12.6. The van der Waals surface area contributed by atoms with Gasteiger partial charge in [0, 0.05) is 10.3 Å². The molecular weight excluding hydrogens is 344 g/mol. The number of halogens is 2. The van der Waals surface area contributed by atoms with Gasteiger partial charge in [0.1, 0.15) is 5.75 Å². The van der Waals surface area contributed by atoms with Crippen molar-refractivity contribution in [2.75, 3.05) is 11.9 Å². The zero-order valence-electron chi connectivity index (χ0n) is 13.1. The monoisotopic (exact) mass is 359 g/mol. The molecule has 0 saturated heterocycles. The Labute approximate surface area is 148 Å². The molecule has 0 aliphatic heterocycles. The summed E-state index contributed by atoms with van der Waals surface area (Å²) in [7, 11) is 0. The topological polar surface area (TPSA) is 38.3 Å². The fourth-order valence-corrected chi connectivity index (χ4v) is 3.01. The van der Waals surface area contributed by atoms with Crippen molar-refractivity contribution in [2.24, 2.45) is 0 Å². The fourth-order valence-electron chi connectivity index (χ4n) is 2.42. The van der Waals surface area contributed by atoms with Crippen LogP contribution >= 0.6 is 11.8 Å². The van der Waals surface area contributed by atoms with E-state index in [1.54, 1.807) is 24.3 Å². The van der Waals surface area contributed by atoms with Gasteiger partial charge in [0.05, 0.1) is 5.69 Å². The number of nitrogens with one attached hydrogen (secondary N) is 1. The fraction of sp³-hybridized carbons (Fsp3) is 0.105. The molecule has 0 aromatic heterocycles. The van der Waals surface area contributed by atoms with Gasteiger partial charge in [-0.15, -0.1) is 0 Å². The molecule has 3 aromatic carbocycles. The lowest BCUT2D eigenvalue weighted by atomic mass is 10.1. The molecule has 128 valence electrons. The number of rotatable bonds is 6. The molecule has 1 N–H and O–H groups in total. The summed E-state index contributed by atoms with van der Waals surface area (Å²) in [5.74, 6) is -2.36. The molecule has 0 aliphatic rings. The Balaban J connectivity index is 1.67. The summed E-state index contributed by atoms with van der Waals surface area (Å²) in [4.78, 5) is 12.4. The lowest BCUT2D eigenvalue weighted by Gasteiger charge is -2.12. The Morgan fingerprint density at radius 1 is 1.00 bits per heavy atom. The van der Waals surface area contributed by atoms with E-state index in [0.717, 1.165) is 10.8 Å². The van der Waals surface area contributed by atoms with Crippen molar-refractivity contribution in [3.63, 3.8) is 0 Å². The zero-order chi connectivity index (χ0) is 17.6. The van der Waals surface area contributed by atoms with Gasteiger partial charge in [-0.2, -0.15) is 8.78 Å². The van der Waals surface area contributed by atoms with Crippen LogP contribution < -0.4 is 10.1 Å². The van der Waals surface area contributed by atoms with Gasteiger partial charge in [0.25, 0.3) is 11.7 Å². The molecule has 0 atom stereocenters. The minimum absolute atomic E-state index is 0.207. The molecule has 0 heterocycles. The highest BCUT2D eigenvalue weighted by Crippen LogP contribution is 2.31. The van der Waals surface area contributed by atoms with Crippen molar-refractivity contribution in [1.29, 1.82) is 0 Å². The second-order valence-electron chi connectivity index (χ2n) is 5.19. The van der Waals surface area contributed by atoms with Crippen LogP contribution in [0.1, 0.15) is 0 Å². The predicted octanol–water partition coefficient (Wildman–Crippen LogP) is 5.17. The zero-order valence-corrected chi connectivity index (χ0v) is 13.9. The largest absolute Gasteiger partial charge is 0.483 e. The Bertz CT molecular complexity index is 881. The Kier molecular flexibility index (Phi) is 5.50. The molecule has 0 radical (unpaired) electrons. The highest BCUT2D eigenvalue weighted by molar-refractivity contribution is 7.99. The van der Waals surface area contributed by atoms with Crippen molar-refractivity contribution in [3.8, 4) is 5.75 Å². The van der Waals surface area contributed by atoms with Crippen LogP contribution in [-0.2, 0) is 4.79 Å². The summed E-state index contributed by atoms with van der Waals surface area (Å²) in [6, 6.07) is 19.7. The van der Waals surface area contributed by atoms with E-state index in [2.05, 4.69) is 5.32 Å². The van der Waals surface area contributed by atoms with E-state index in [1.165, 1.54) is 6.07 Å². The van der Waals surface area contributed by atoms with E-state index in [0.29, 0.717) is 28.1 Å². The van der Waals surface area contributed by atoms with Crippen LogP contribution in [0.5, 0.6) is 5.75 Å². The Morgan fingerprint density at radius 3 is 2.56 bits per heavy atom. The lowest BCUT2D eigenvalue weighted by molar-refractivity contribution is -0.118. The van der Waals surface area contributed by atoms with Crippen molar-refractivity contribution < 1.29 is 18.3 Å². The van der Waals surface area contributed by atoms with Crippen LogP contribution in [0.4, 0.5) is 14.5 Å². The number of alkyl halides is 2. The standard InChI is InChI=1S/C19H15F2NO2S/c20-19(21)25-17-11-4-3-9-15(17)22-18(23)12-24-16-10-5-7-13-6-1-2-8-14(13)16/h1-11,19H,12H2,(H,22,23). The van der Waals surface area contributed by atoms with Gasteiger partial charge in [0.2, 0.25) is 0 Å².